The van der Waals surface area contributed by atoms with Gasteiger partial charge in [-0.15, -0.1) is 0 Å². The van der Waals surface area contributed by atoms with Crippen molar-refractivity contribution < 1.29 is 4.74 Å². The molecule has 0 amide bonds. The standard InChI is InChI=1S/C12H7ClN2O/c13-10-3-5-11(6-4-10)16-12-9(8-14)2-1-7-15-12/h1-7H. The van der Waals surface area contributed by atoms with Crippen molar-refractivity contribution in [3.63, 3.8) is 0 Å². The van der Waals surface area contributed by atoms with Gasteiger partial charge in [-0.05, 0) is 36.4 Å². The summed E-state index contributed by atoms with van der Waals surface area (Å²) in [6.45, 7) is 0. The van der Waals surface area contributed by atoms with E-state index in [9.17, 15) is 0 Å². The highest BCUT2D eigenvalue weighted by Gasteiger charge is 2.04. The molecule has 0 atom stereocenters. The quantitative estimate of drug-likeness (QED) is 0.794. The van der Waals surface area contributed by atoms with E-state index >= 15 is 0 Å². The van der Waals surface area contributed by atoms with Crippen LogP contribution in [-0.4, -0.2) is 4.98 Å². The number of hydrogen-bond acceptors (Lipinski definition) is 3. The van der Waals surface area contributed by atoms with Crippen molar-refractivity contribution in [3.8, 4) is 17.7 Å². The summed E-state index contributed by atoms with van der Waals surface area (Å²) < 4.78 is 5.46. The lowest BCUT2D eigenvalue weighted by Gasteiger charge is -2.05. The zero-order valence-corrected chi connectivity index (χ0v) is 8.98. The van der Waals surface area contributed by atoms with Crippen molar-refractivity contribution in [2.45, 2.75) is 0 Å². The Labute approximate surface area is 97.9 Å². The highest BCUT2D eigenvalue weighted by molar-refractivity contribution is 6.30. The number of ether oxygens (including phenoxy) is 1. The molecular formula is C12H7ClN2O. The maximum absolute atomic E-state index is 8.85. The van der Waals surface area contributed by atoms with Crippen molar-refractivity contribution in [1.82, 2.24) is 4.98 Å². The first-order valence-corrected chi connectivity index (χ1v) is 4.96. The summed E-state index contributed by atoms with van der Waals surface area (Å²) in [4.78, 5) is 3.99. The topological polar surface area (TPSA) is 45.9 Å². The fraction of sp³-hybridized carbons (Fsp3) is 0. The van der Waals surface area contributed by atoms with Crippen LogP contribution in [0.25, 0.3) is 0 Å². The SMILES string of the molecule is N#Cc1cccnc1Oc1ccc(Cl)cc1. The number of nitrogens with zero attached hydrogens (tertiary/aromatic N) is 2. The van der Waals surface area contributed by atoms with Gasteiger partial charge in [0.05, 0.1) is 0 Å². The molecule has 2 rings (SSSR count). The van der Waals surface area contributed by atoms with Crippen LogP contribution in [0.1, 0.15) is 5.56 Å². The smallest absolute Gasteiger partial charge is 0.237 e. The first kappa shape index (κ1) is 10.5. The average molecular weight is 231 g/mol. The monoisotopic (exact) mass is 230 g/mol. The van der Waals surface area contributed by atoms with E-state index in [2.05, 4.69) is 4.98 Å². The van der Waals surface area contributed by atoms with E-state index in [-0.39, 0.29) is 0 Å². The maximum atomic E-state index is 8.85. The molecule has 0 spiro atoms. The number of pyridine rings is 1. The Bertz CT molecular complexity index is 531. The molecule has 0 saturated heterocycles. The van der Waals surface area contributed by atoms with Crippen molar-refractivity contribution in [1.29, 1.82) is 5.26 Å². The first-order chi connectivity index (χ1) is 7.79. The van der Waals surface area contributed by atoms with Crippen LogP contribution < -0.4 is 4.74 Å². The summed E-state index contributed by atoms with van der Waals surface area (Å²) in [5.41, 5.74) is 0.400. The summed E-state index contributed by atoms with van der Waals surface area (Å²) in [6.07, 6.45) is 1.58. The van der Waals surface area contributed by atoms with Crippen molar-refractivity contribution in [2.75, 3.05) is 0 Å². The number of hydrogen-bond donors (Lipinski definition) is 0. The lowest BCUT2D eigenvalue weighted by atomic mass is 10.3. The molecule has 3 nitrogen and oxygen atoms in total. The Balaban J connectivity index is 2.27. The summed E-state index contributed by atoms with van der Waals surface area (Å²) in [7, 11) is 0. The Morgan fingerprint density at radius 3 is 2.62 bits per heavy atom. The predicted octanol–water partition coefficient (Wildman–Crippen LogP) is 3.40. The summed E-state index contributed by atoms with van der Waals surface area (Å²) in [5.74, 6) is 0.895. The first-order valence-electron chi connectivity index (χ1n) is 4.58. The number of rotatable bonds is 2. The third-order valence-electron chi connectivity index (χ3n) is 1.92. The molecule has 0 aliphatic rings. The Hall–Kier alpha value is -2.05. The molecule has 0 bridgehead atoms. The fourth-order valence-corrected chi connectivity index (χ4v) is 1.30. The van der Waals surface area contributed by atoms with E-state index in [0.717, 1.165) is 0 Å². The molecule has 0 unspecified atom stereocenters. The van der Waals surface area contributed by atoms with Crippen LogP contribution in [0.2, 0.25) is 5.02 Å². The lowest BCUT2D eigenvalue weighted by Crippen LogP contribution is -1.90. The summed E-state index contributed by atoms with van der Waals surface area (Å²) in [5, 5.41) is 9.48. The largest absolute Gasteiger partial charge is 0.438 e. The van der Waals surface area contributed by atoms with E-state index in [1.165, 1.54) is 0 Å². The summed E-state index contributed by atoms with van der Waals surface area (Å²) in [6, 6.07) is 12.2. The molecular weight excluding hydrogens is 224 g/mol. The summed E-state index contributed by atoms with van der Waals surface area (Å²) >= 11 is 5.75. The fourth-order valence-electron chi connectivity index (χ4n) is 1.17. The highest BCUT2D eigenvalue weighted by Crippen LogP contribution is 2.23. The van der Waals surface area contributed by atoms with Gasteiger partial charge in [0.1, 0.15) is 17.4 Å². The Morgan fingerprint density at radius 2 is 1.94 bits per heavy atom. The molecule has 0 fully saturated rings. The number of aromatic nitrogens is 1. The average Bonchev–Trinajstić information content (AvgIpc) is 2.33. The van der Waals surface area contributed by atoms with Crippen molar-refractivity contribution in [2.24, 2.45) is 0 Å². The third-order valence-corrected chi connectivity index (χ3v) is 2.17. The highest BCUT2D eigenvalue weighted by atomic mass is 35.5. The van der Waals surface area contributed by atoms with Gasteiger partial charge in [0.25, 0.3) is 0 Å². The molecule has 0 radical (unpaired) electrons. The van der Waals surface area contributed by atoms with E-state index < -0.39 is 0 Å². The maximum Gasteiger partial charge on any atom is 0.237 e. The lowest BCUT2D eigenvalue weighted by molar-refractivity contribution is 0.461. The van der Waals surface area contributed by atoms with Crippen LogP contribution in [0.5, 0.6) is 11.6 Å². The Morgan fingerprint density at radius 1 is 1.19 bits per heavy atom. The van der Waals surface area contributed by atoms with Crippen LogP contribution in [-0.2, 0) is 0 Å². The van der Waals surface area contributed by atoms with Crippen molar-refractivity contribution in [3.05, 3.63) is 53.2 Å². The molecule has 78 valence electrons. The molecule has 1 aromatic carbocycles. The van der Waals surface area contributed by atoms with Gasteiger partial charge >= 0.3 is 0 Å². The molecule has 0 N–H and O–H groups in total. The van der Waals surface area contributed by atoms with Gasteiger partial charge in [-0.3, -0.25) is 0 Å². The molecule has 0 aliphatic heterocycles. The van der Waals surface area contributed by atoms with Gasteiger partial charge in [-0.1, -0.05) is 11.6 Å². The number of benzene rings is 1. The second-order valence-corrected chi connectivity index (χ2v) is 3.46. The number of halogens is 1. The second-order valence-electron chi connectivity index (χ2n) is 3.02. The molecule has 2 aromatic rings. The van der Waals surface area contributed by atoms with Gasteiger partial charge in [0, 0.05) is 11.2 Å². The van der Waals surface area contributed by atoms with E-state index in [1.807, 2.05) is 6.07 Å². The molecule has 0 aliphatic carbocycles. The molecule has 1 aromatic heterocycles. The number of nitriles is 1. The van der Waals surface area contributed by atoms with Crippen molar-refractivity contribution >= 4 is 11.6 Å². The molecule has 16 heavy (non-hydrogen) atoms. The van der Waals surface area contributed by atoms with Crippen LogP contribution in [0.15, 0.2) is 42.6 Å². The van der Waals surface area contributed by atoms with Gasteiger partial charge < -0.3 is 4.74 Å². The zero-order chi connectivity index (χ0) is 11.4. The normalized spacial score (nSPS) is 9.50. The van der Waals surface area contributed by atoms with E-state index in [0.29, 0.717) is 22.2 Å². The molecule has 4 heteroatoms. The predicted molar refractivity (Wildman–Crippen MR) is 60.5 cm³/mol. The van der Waals surface area contributed by atoms with Crippen LogP contribution in [0.3, 0.4) is 0 Å². The van der Waals surface area contributed by atoms with E-state index in [1.54, 1.807) is 42.6 Å². The second kappa shape index (κ2) is 4.65. The zero-order valence-electron chi connectivity index (χ0n) is 8.22. The van der Waals surface area contributed by atoms with Crippen LogP contribution in [0, 0.1) is 11.3 Å². The minimum Gasteiger partial charge on any atom is -0.438 e. The minimum absolute atomic E-state index is 0.298. The third kappa shape index (κ3) is 2.30. The van der Waals surface area contributed by atoms with Crippen LogP contribution in [0.4, 0.5) is 0 Å². The molecule has 0 saturated carbocycles. The van der Waals surface area contributed by atoms with E-state index in [4.69, 9.17) is 21.6 Å². The van der Waals surface area contributed by atoms with Crippen LogP contribution >= 0.6 is 11.6 Å². The van der Waals surface area contributed by atoms with Gasteiger partial charge in [0.2, 0.25) is 5.88 Å². The van der Waals surface area contributed by atoms with Gasteiger partial charge in [-0.2, -0.15) is 5.26 Å². The molecule has 1 heterocycles. The van der Waals surface area contributed by atoms with Gasteiger partial charge in [-0.25, -0.2) is 4.98 Å². The minimum atomic E-state index is 0.298. The Kier molecular flexibility index (Phi) is 3.04. The van der Waals surface area contributed by atoms with Gasteiger partial charge in [0.15, 0.2) is 0 Å².